The number of benzene rings is 3. The topological polar surface area (TPSA) is 158 Å². The molecule has 2 aliphatic carbocycles. The molecule has 13 nitrogen and oxygen atoms in total. The number of allylic oxidation sites excluding steroid dienone is 1. The third-order valence-electron chi connectivity index (χ3n) is 13.1. The number of oxime groups is 1. The van der Waals surface area contributed by atoms with Gasteiger partial charge in [-0.3, -0.25) is 4.90 Å². The van der Waals surface area contributed by atoms with E-state index in [1.807, 2.05) is 42.5 Å². The minimum absolute atomic E-state index is 0.0160. The number of carbonyl (C=O) groups is 1. The van der Waals surface area contributed by atoms with E-state index in [0.717, 1.165) is 60.8 Å². The van der Waals surface area contributed by atoms with Crippen LogP contribution in [0.15, 0.2) is 115 Å². The van der Waals surface area contributed by atoms with Gasteiger partial charge < -0.3 is 48.6 Å². The number of nitrogens with zero attached hydrogens (tertiary/aromatic N) is 2. The maximum atomic E-state index is 14.5. The number of unbranched alkanes of at least 4 members (excludes halogenated alkanes) is 2. The van der Waals surface area contributed by atoms with E-state index in [2.05, 4.69) is 49.6 Å². The van der Waals surface area contributed by atoms with Crippen LogP contribution in [0.3, 0.4) is 0 Å². The first-order valence-electron chi connectivity index (χ1n) is 23.9. The van der Waals surface area contributed by atoms with Gasteiger partial charge in [0.05, 0.1) is 51.3 Å². The van der Waals surface area contributed by atoms with Crippen LogP contribution in [0.1, 0.15) is 82.1 Å². The number of rotatable bonds is 25. The molecule has 7 rings (SSSR count). The molecule has 356 valence electrons. The monoisotopic (exact) mass is 908 g/mol. The summed E-state index contributed by atoms with van der Waals surface area (Å²) in [5, 5.41) is 34.5. The van der Waals surface area contributed by atoms with Gasteiger partial charge in [-0.05, 0) is 104 Å². The largest absolute Gasteiger partial charge is 0.459 e. The summed E-state index contributed by atoms with van der Waals surface area (Å²) in [6.45, 7) is 8.97. The van der Waals surface area contributed by atoms with Gasteiger partial charge in [0, 0.05) is 44.1 Å². The third-order valence-corrected chi connectivity index (χ3v) is 13.1. The van der Waals surface area contributed by atoms with Crippen LogP contribution in [0, 0.1) is 17.8 Å². The van der Waals surface area contributed by atoms with Crippen LogP contribution in [-0.2, 0) is 23.8 Å². The van der Waals surface area contributed by atoms with E-state index in [4.69, 9.17) is 38.4 Å². The maximum absolute atomic E-state index is 14.5. The summed E-state index contributed by atoms with van der Waals surface area (Å²) >= 11 is 0. The molecule has 13 heteroatoms. The van der Waals surface area contributed by atoms with E-state index in [1.165, 1.54) is 0 Å². The van der Waals surface area contributed by atoms with E-state index in [9.17, 15) is 20.1 Å². The van der Waals surface area contributed by atoms with E-state index in [-0.39, 0.29) is 77.0 Å². The molecule has 0 aromatic heterocycles. The SMILES string of the molecule is C=CCCOC(=O)N(CCOCCO)C1CC(=NOC2CCCCO2)C2=CC(CCCCO)C(CCCCO)C3c4cc(Oc5ccc(-c6ccccc6)cc5)ccc4OC1(OCC=C)C23. The Kier molecular flexibility index (Phi) is 18.3. The van der Waals surface area contributed by atoms with Crippen molar-refractivity contribution in [3.8, 4) is 28.4 Å². The van der Waals surface area contributed by atoms with Crippen molar-refractivity contribution in [3.05, 3.63) is 115 Å². The molecule has 7 unspecified atom stereocenters. The minimum Gasteiger partial charge on any atom is -0.459 e. The second kappa shape index (κ2) is 24.7. The normalized spacial score (nSPS) is 24.8. The van der Waals surface area contributed by atoms with Crippen molar-refractivity contribution in [2.75, 3.05) is 59.4 Å². The van der Waals surface area contributed by atoms with Gasteiger partial charge in [-0.25, -0.2) is 4.79 Å². The lowest BCUT2D eigenvalue weighted by atomic mass is 9.55. The van der Waals surface area contributed by atoms with Crippen LogP contribution in [0.2, 0.25) is 0 Å². The molecule has 1 saturated carbocycles. The van der Waals surface area contributed by atoms with Gasteiger partial charge >= 0.3 is 6.09 Å². The van der Waals surface area contributed by atoms with Crippen molar-refractivity contribution in [2.45, 2.75) is 94.7 Å². The van der Waals surface area contributed by atoms with E-state index in [0.29, 0.717) is 55.3 Å². The highest BCUT2D eigenvalue weighted by Crippen LogP contribution is 2.62. The average molecular weight is 909 g/mol. The number of aliphatic hydroxyl groups is 3. The number of carbonyl (C=O) groups excluding carboxylic acids is 1. The summed E-state index contributed by atoms with van der Waals surface area (Å²) in [7, 11) is 0. The molecule has 66 heavy (non-hydrogen) atoms. The number of aliphatic hydroxyl groups excluding tert-OH is 3. The van der Waals surface area contributed by atoms with Crippen molar-refractivity contribution in [3.63, 3.8) is 0 Å². The van der Waals surface area contributed by atoms with Gasteiger partial charge in [0.15, 0.2) is 0 Å². The lowest BCUT2D eigenvalue weighted by Gasteiger charge is -2.59. The first kappa shape index (κ1) is 48.9. The summed E-state index contributed by atoms with van der Waals surface area (Å²) in [5.41, 5.74) is 4.70. The van der Waals surface area contributed by atoms with Crippen molar-refractivity contribution >= 4 is 11.8 Å². The fourth-order valence-electron chi connectivity index (χ4n) is 10.1. The molecular formula is C53H68N2O11. The molecule has 2 heterocycles. The Morgan fingerprint density at radius 2 is 1.64 bits per heavy atom. The van der Waals surface area contributed by atoms with Crippen molar-refractivity contribution in [1.29, 1.82) is 0 Å². The van der Waals surface area contributed by atoms with Crippen LogP contribution in [0.5, 0.6) is 17.2 Å². The first-order chi connectivity index (χ1) is 32.4. The Morgan fingerprint density at radius 3 is 2.36 bits per heavy atom. The molecule has 7 atom stereocenters. The lowest BCUT2D eigenvalue weighted by molar-refractivity contribution is -0.256. The zero-order chi connectivity index (χ0) is 46.1. The van der Waals surface area contributed by atoms with Crippen LogP contribution >= 0.6 is 0 Å². The Bertz CT molecular complexity index is 2070. The Balaban J connectivity index is 1.39. The Labute approximate surface area is 389 Å². The molecule has 1 saturated heterocycles. The van der Waals surface area contributed by atoms with E-state index in [1.54, 1.807) is 17.1 Å². The molecule has 1 amide bonds. The van der Waals surface area contributed by atoms with Gasteiger partial charge in [-0.15, -0.1) is 13.2 Å². The molecule has 3 N–H and O–H groups in total. The lowest BCUT2D eigenvalue weighted by Crippen LogP contribution is -2.70. The Morgan fingerprint density at radius 1 is 0.864 bits per heavy atom. The van der Waals surface area contributed by atoms with Crippen molar-refractivity contribution < 1.29 is 53.4 Å². The predicted octanol–water partition coefficient (Wildman–Crippen LogP) is 9.33. The van der Waals surface area contributed by atoms with Crippen LogP contribution in [0.25, 0.3) is 11.1 Å². The molecule has 3 aromatic rings. The fourth-order valence-corrected chi connectivity index (χ4v) is 10.1. The number of hydrogen-bond acceptors (Lipinski definition) is 12. The van der Waals surface area contributed by atoms with Gasteiger partial charge in [0.25, 0.3) is 0 Å². The molecule has 4 aliphatic rings. The molecule has 2 aliphatic heterocycles. The minimum atomic E-state index is -1.49. The highest BCUT2D eigenvalue weighted by Gasteiger charge is 2.65. The fraction of sp³-hybridized carbons (Fsp3) is 0.509. The first-order valence-corrected chi connectivity index (χ1v) is 23.9. The number of fused-ring (bicyclic) bond motifs is 2. The van der Waals surface area contributed by atoms with Crippen LogP contribution < -0.4 is 9.47 Å². The summed E-state index contributed by atoms with van der Waals surface area (Å²) in [6, 6.07) is 23.3. The second-order valence-electron chi connectivity index (χ2n) is 17.4. The summed E-state index contributed by atoms with van der Waals surface area (Å²) in [5.74, 6) is -0.303. The summed E-state index contributed by atoms with van der Waals surface area (Å²) in [4.78, 5) is 22.4. The number of hydrogen-bond donors (Lipinski definition) is 3. The number of ether oxygens (including phenoxy) is 6. The van der Waals surface area contributed by atoms with E-state index < -0.39 is 30.1 Å². The third kappa shape index (κ3) is 11.7. The standard InChI is InChI=1S/C53H68N2O11/c1-3-5-31-62-52(59)55(26-33-60-34-29-58)48-37-46(54-66-49-19-11-14-32-61-49)44-35-40(17-9-12-27-56)43(18-10-13-28-57)50-45-36-42(24-25-47(45)65-53(48,51(44)50)63-30-4-2)64-41-22-20-39(21-23-41)38-15-7-6-8-16-38/h3-4,6-8,15-16,20-25,35-36,40,43,48-51,56-58H,1-2,5,9-14,17-19,26-34,37H2. The van der Waals surface area contributed by atoms with Gasteiger partial charge in [-0.1, -0.05) is 78.7 Å². The maximum Gasteiger partial charge on any atom is 0.410 e. The molecule has 0 bridgehead atoms. The zero-order valence-corrected chi connectivity index (χ0v) is 38.2. The Hall–Kier alpha value is -5.02. The predicted molar refractivity (Wildman–Crippen MR) is 252 cm³/mol. The van der Waals surface area contributed by atoms with E-state index >= 15 is 0 Å². The van der Waals surface area contributed by atoms with Crippen molar-refractivity contribution in [2.24, 2.45) is 22.9 Å². The van der Waals surface area contributed by atoms with Crippen LogP contribution in [-0.4, -0.2) is 110 Å². The van der Waals surface area contributed by atoms with Gasteiger partial charge in [0.1, 0.15) is 23.3 Å². The van der Waals surface area contributed by atoms with Gasteiger partial charge in [0.2, 0.25) is 12.1 Å². The average Bonchev–Trinajstić information content (AvgIpc) is 3.35. The molecular weight excluding hydrogens is 841 g/mol. The smallest absolute Gasteiger partial charge is 0.410 e. The van der Waals surface area contributed by atoms with Crippen molar-refractivity contribution in [1.82, 2.24) is 4.90 Å². The summed E-state index contributed by atoms with van der Waals surface area (Å²) < 4.78 is 38.8. The molecule has 0 radical (unpaired) electrons. The van der Waals surface area contributed by atoms with Gasteiger partial charge in [-0.2, -0.15) is 0 Å². The molecule has 2 fully saturated rings. The molecule has 0 spiro atoms. The van der Waals surface area contributed by atoms with Crippen LogP contribution in [0.4, 0.5) is 4.79 Å². The molecule has 3 aromatic carbocycles. The zero-order valence-electron chi connectivity index (χ0n) is 38.2. The summed E-state index contributed by atoms with van der Waals surface area (Å²) in [6.07, 6.45) is 12.3. The highest BCUT2D eigenvalue weighted by atomic mass is 16.8. The quantitative estimate of drug-likeness (QED) is 0.0423. The highest BCUT2D eigenvalue weighted by molar-refractivity contribution is 6.03. The second-order valence-corrected chi connectivity index (χ2v) is 17.4. The number of amides is 1.